The van der Waals surface area contributed by atoms with Crippen molar-refractivity contribution in [3.8, 4) is 29.5 Å². The van der Waals surface area contributed by atoms with Crippen LogP contribution < -0.4 is 20.5 Å². The van der Waals surface area contributed by atoms with Crippen LogP contribution in [0.25, 0.3) is 0 Å². The van der Waals surface area contributed by atoms with Crippen LogP contribution in [0.15, 0.2) is 36.4 Å². The molecule has 3 aromatic rings. The van der Waals surface area contributed by atoms with Gasteiger partial charge < -0.3 is 30.5 Å². The number of ether oxygens (including phenoxy) is 2. The van der Waals surface area contributed by atoms with E-state index in [1.165, 1.54) is 35.2 Å². The van der Waals surface area contributed by atoms with E-state index in [-0.39, 0.29) is 34.2 Å². The molecule has 1 heterocycles. The highest BCUT2D eigenvalue weighted by molar-refractivity contribution is 5.94. The smallest absolute Gasteiger partial charge is 0.373 e. The van der Waals surface area contributed by atoms with Crippen LogP contribution in [0.1, 0.15) is 35.3 Å². The number of aromatic nitrogens is 2. The summed E-state index contributed by atoms with van der Waals surface area (Å²) in [5, 5.41) is 33.7. The van der Waals surface area contributed by atoms with Crippen LogP contribution in [0.4, 0.5) is 17.2 Å². The number of nitriles is 1. The zero-order chi connectivity index (χ0) is 29.7. The van der Waals surface area contributed by atoms with Crippen LogP contribution in [-0.2, 0) is 4.79 Å². The summed E-state index contributed by atoms with van der Waals surface area (Å²) in [7, 11) is 3.14. The van der Waals surface area contributed by atoms with Gasteiger partial charge in [-0.05, 0) is 48.7 Å². The van der Waals surface area contributed by atoms with Crippen LogP contribution >= 0.6 is 0 Å². The van der Waals surface area contributed by atoms with Gasteiger partial charge in [0.05, 0.1) is 22.2 Å². The number of nitrogens with zero attached hydrogens (tertiary/aromatic N) is 5. The number of carboxylic acids is 1. The Hall–Kier alpha value is -5.45. The number of nitrogens with two attached hydrogens (primary N) is 1. The molecule has 3 rings (SSSR count). The fourth-order valence-corrected chi connectivity index (χ4v) is 3.55. The van der Waals surface area contributed by atoms with Crippen LogP contribution in [0.2, 0.25) is 0 Å². The fourth-order valence-electron chi connectivity index (χ4n) is 3.55. The number of carbonyl (C=O) groups excluding carboxylic acids is 1. The maximum Gasteiger partial charge on any atom is 0.373 e. The number of nitro groups is 1. The molecule has 0 aliphatic rings. The lowest BCUT2D eigenvalue weighted by Crippen LogP contribution is -2.35. The number of amides is 1. The molecule has 0 aliphatic heterocycles. The van der Waals surface area contributed by atoms with E-state index in [0.29, 0.717) is 5.56 Å². The highest BCUT2D eigenvalue weighted by Crippen LogP contribution is 2.39. The van der Waals surface area contributed by atoms with Gasteiger partial charge in [0.1, 0.15) is 11.8 Å². The summed E-state index contributed by atoms with van der Waals surface area (Å²) in [6.45, 7) is 4.93. The third-order valence-corrected chi connectivity index (χ3v) is 5.50. The van der Waals surface area contributed by atoms with Gasteiger partial charge in [0, 0.05) is 25.7 Å². The summed E-state index contributed by atoms with van der Waals surface area (Å²) in [6.07, 6.45) is 0. The number of carbonyl (C=O) groups is 2. The molecule has 4 N–H and O–H groups in total. The lowest BCUT2D eigenvalue weighted by atomic mass is 10.0. The minimum absolute atomic E-state index is 0.0159. The minimum Gasteiger partial charge on any atom is -0.480 e. The molecule has 0 saturated carbocycles. The van der Waals surface area contributed by atoms with E-state index < -0.39 is 46.2 Å². The Kier molecular flexibility index (Phi) is 8.69. The van der Waals surface area contributed by atoms with E-state index in [1.807, 2.05) is 6.07 Å². The van der Waals surface area contributed by atoms with Crippen molar-refractivity contribution in [2.75, 3.05) is 25.1 Å². The number of nitrogens with one attached hydrogen (secondary N) is 1. The van der Waals surface area contributed by atoms with Crippen molar-refractivity contribution in [2.24, 2.45) is 5.92 Å². The average molecular weight is 550 g/mol. The SMILES string of the molecule is Cc1cc(Oc2nc(Oc3cc(C#N)ccc3N)nc(NC(C(=O)O)C(C)C)c2[N+](=O)[O-])cc(C(=O)N(C)C)c1. The first-order chi connectivity index (χ1) is 18.8. The number of hydrogen-bond donors (Lipinski definition) is 3. The van der Waals surface area contributed by atoms with Crippen molar-refractivity contribution in [1.29, 1.82) is 5.26 Å². The van der Waals surface area contributed by atoms with Gasteiger partial charge in [-0.15, -0.1) is 0 Å². The van der Waals surface area contributed by atoms with Gasteiger partial charge in [0.25, 0.3) is 5.91 Å². The lowest BCUT2D eigenvalue weighted by Gasteiger charge is -2.19. The first kappa shape index (κ1) is 29.1. The Morgan fingerprint density at radius 2 is 1.88 bits per heavy atom. The van der Waals surface area contributed by atoms with E-state index in [2.05, 4.69) is 15.3 Å². The number of anilines is 2. The monoisotopic (exact) mass is 549 g/mol. The molecule has 1 atom stereocenters. The summed E-state index contributed by atoms with van der Waals surface area (Å²) < 4.78 is 11.5. The van der Waals surface area contributed by atoms with Crippen LogP contribution in [-0.4, -0.2) is 56.9 Å². The number of aryl methyl sites for hydroxylation is 1. The summed E-state index contributed by atoms with van der Waals surface area (Å²) in [5.41, 5.74) is 6.41. The Labute approximate surface area is 229 Å². The Balaban J connectivity index is 2.21. The quantitative estimate of drug-likeness (QED) is 0.187. The number of rotatable bonds is 10. The second-order valence-electron chi connectivity index (χ2n) is 9.27. The Bertz CT molecular complexity index is 1520. The van der Waals surface area contributed by atoms with Crippen molar-refractivity contribution in [3.63, 3.8) is 0 Å². The molecule has 0 radical (unpaired) electrons. The molecule has 14 heteroatoms. The number of nitrogen functional groups attached to an aromatic ring is 1. The van der Waals surface area contributed by atoms with Crippen molar-refractivity contribution < 1.29 is 29.1 Å². The molecule has 1 aromatic heterocycles. The van der Waals surface area contributed by atoms with Gasteiger partial charge in [-0.25, -0.2) is 4.79 Å². The molecule has 0 spiro atoms. The molecule has 1 unspecified atom stereocenters. The Morgan fingerprint density at radius 1 is 1.18 bits per heavy atom. The van der Waals surface area contributed by atoms with E-state index in [4.69, 9.17) is 15.2 Å². The van der Waals surface area contributed by atoms with Crippen molar-refractivity contribution in [2.45, 2.75) is 26.8 Å². The molecule has 0 fully saturated rings. The molecule has 0 bridgehead atoms. The van der Waals surface area contributed by atoms with Gasteiger partial charge in [-0.3, -0.25) is 14.9 Å². The number of aliphatic carboxylic acids is 1. The topological polar surface area (TPSA) is 207 Å². The van der Waals surface area contributed by atoms with Crippen LogP contribution in [0.3, 0.4) is 0 Å². The molecule has 40 heavy (non-hydrogen) atoms. The summed E-state index contributed by atoms with van der Waals surface area (Å²) in [5.74, 6) is -3.14. The zero-order valence-electron chi connectivity index (χ0n) is 22.3. The largest absolute Gasteiger partial charge is 0.480 e. The third-order valence-electron chi connectivity index (χ3n) is 5.50. The summed E-state index contributed by atoms with van der Waals surface area (Å²) in [6, 6.07) is 8.94. The van der Waals surface area contributed by atoms with E-state index >= 15 is 0 Å². The van der Waals surface area contributed by atoms with Gasteiger partial charge in [0.15, 0.2) is 5.75 Å². The third kappa shape index (κ3) is 6.70. The average Bonchev–Trinajstić information content (AvgIpc) is 2.86. The molecule has 14 nitrogen and oxygen atoms in total. The van der Waals surface area contributed by atoms with Crippen molar-refractivity contribution in [3.05, 3.63) is 63.2 Å². The Morgan fingerprint density at radius 3 is 2.45 bits per heavy atom. The van der Waals surface area contributed by atoms with Crippen LogP contribution in [0, 0.1) is 34.3 Å². The lowest BCUT2D eigenvalue weighted by molar-refractivity contribution is -0.385. The predicted molar refractivity (Wildman–Crippen MR) is 143 cm³/mol. The molecule has 0 saturated heterocycles. The number of hydrogen-bond acceptors (Lipinski definition) is 11. The summed E-state index contributed by atoms with van der Waals surface area (Å²) >= 11 is 0. The molecular weight excluding hydrogens is 522 g/mol. The van der Waals surface area contributed by atoms with Crippen molar-refractivity contribution >= 4 is 29.1 Å². The highest BCUT2D eigenvalue weighted by atomic mass is 16.6. The highest BCUT2D eigenvalue weighted by Gasteiger charge is 2.32. The van der Waals surface area contributed by atoms with Crippen molar-refractivity contribution in [1.82, 2.24) is 14.9 Å². The standard InChI is InChI=1S/C26H27N7O7/c1-13(2)20(25(35)36)29-22-21(33(37)38)23(39-17-9-14(3)8-16(11-17)24(34)32(4)5)31-26(30-22)40-19-10-15(12-27)6-7-18(19)28/h6-11,13,20H,28H2,1-5H3,(H,35,36)(H,29,30,31). The van der Waals surface area contributed by atoms with Gasteiger partial charge in [0.2, 0.25) is 5.82 Å². The van der Waals surface area contributed by atoms with Crippen LogP contribution in [0.5, 0.6) is 23.4 Å². The second kappa shape index (κ2) is 11.9. The molecule has 0 aliphatic carbocycles. The molecular formula is C26H27N7O7. The predicted octanol–water partition coefficient (Wildman–Crippen LogP) is 3.95. The molecule has 2 aromatic carbocycles. The number of benzene rings is 2. The van der Waals surface area contributed by atoms with E-state index in [1.54, 1.807) is 40.9 Å². The van der Waals surface area contributed by atoms with E-state index in [9.17, 15) is 30.1 Å². The number of carboxylic acid groups (broad SMARTS) is 1. The first-order valence-electron chi connectivity index (χ1n) is 11.8. The van der Waals surface area contributed by atoms with Gasteiger partial charge in [-0.2, -0.15) is 15.2 Å². The maximum absolute atomic E-state index is 12.5. The fraction of sp³-hybridized carbons (Fsp3) is 0.269. The molecule has 1 amide bonds. The van der Waals surface area contributed by atoms with Gasteiger partial charge >= 0.3 is 23.5 Å². The second-order valence-corrected chi connectivity index (χ2v) is 9.27. The zero-order valence-corrected chi connectivity index (χ0v) is 22.3. The van der Waals surface area contributed by atoms with Gasteiger partial charge in [-0.1, -0.05) is 13.8 Å². The van der Waals surface area contributed by atoms with E-state index in [0.717, 1.165) is 0 Å². The molecule has 208 valence electrons. The summed E-state index contributed by atoms with van der Waals surface area (Å²) in [4.78, 5) is 45.2. The maximum atomic E-state index is 12.5. The first-order valence-corrected chi connectivity index (χ1v) is 11.8. The minimum atomic E-state index is -1.27. The normalized spacial score (nSPS) is 11.3.